The summed E-state index contributed by atoms with van der Waals surface area (Å²) in [5.74, 6) is 0.645. The SMILES string of the molecule is Cc1nnc(SC(C)C(=O)Nc2cccc([N+](=O)[O-])c2)n1C1CCCCC1. The van der Waals surface area contributed by atoms with Gasteiger partial charge in [0.25, 0.3) is 5.69 Å². The molecule has 0 bridgehead atoms. The molecule has 1 aliphatic carbocycles. The van der Waals surface area contributed by atoms with Crippen molar-refractivity contribution in [1.82, 2.24) is 14.8 Å². The summed E-state index contributed by atoms with van der Waals surface area (Å²) in [5, 5.41) is 22.4. The molecule has 1 amide bonds. The van der Waals surface area contributed by atoms with Crippen molar-refractivity contribution in [2.24, 2.45) is 0 Å². The van der Waals surface area contributed by atoms with Crippen LogP contribution in [0.2, 0.25) is 0 Å². The number of nitrogens with zero attached hydrogens (tertiary/aromatic N) is 4. The number of amides is 1. The number of benzene rings is 1. The standard InChI is InChI=1S/C18H23N5O3S/c1-12(17(24)19-14-7-6-10-16(11-14)23(25)26)27-18-21-20-13(2)22(18)15-8-4-3-5-9-15/h6-7,10-12,15H,3-5,8-9H2,1-2H3,(H,19,24). The van der Waals surface area contributed by atoms with Crippen molar-refractivity contribution in [2.45, 2.75) is 62.4 Å². The van der Waals surface area contributed by atoms with Crippen LogP contribution in [0.15, 0.2) is 29.4 Å². The summed E-state index contributed by atoms with van der Waals surface area (Å²) in [7, 11) is 0. The van der Waals surface area contributed by atoms with E-state index in [0.29, 0.717) is 11.7 Å². The van der Waals surface area contributed by atoms with Gasteiger partial charge in [0.2, 0.25) is 5.91 Å². The average Bonchev–Trinajstić information content (AvgIpc) is 3.02. The van der Waals surface area contributed by atoms with Gasteiger partial charge in [-0.3, -0.25) is 14.9 Å². The normalized spacial score (nSPS) is 16.1. The van der Waals surface area contributed by atoms with Gasteiger partial charge in [-0.1, -0.05) is 37.1 Å². The van der Waals surface area contributed by atoms with E-state index in [1.165, 1.54) is 43.2 Å². The Morgan fingerprint density at radius 2 is 2.07 bits per heavy atom. The molecule has 1 aliphatic rings. The molecule has 1 aromatic carbocycles. The molecule has 144 valence electrons. The minimum atomic E-state index is -0.483. The highest BCUT2D eigenvalue weighted by Gasteiger charge is 2.24. The van der Waals surface area contributed by atoms with Crippen LogP contribution in [0, 0.1) is 17.0 Å². The first-order valence-electron chi connectivity index (χ1n) is 9.09. The third-order valence-corrected chi connectivity index (χ3v) is 5.81. The lowest BCUT2D eigenvalue weighted by Gasteiger charge is -2.25. The lowest BCUT2D eigenvalue weighted by Crippen LogP contribution is -2.23. The van der Waals surface area contributed by atoms with Crippen LogP contribution in [0.1, 0.15) is 50.9 Å². The number of hydrogen-bond donors (Lipinski definition) is 1. The first-order chi connectivity index (χ1) is 13.0. The Hall–Kier alpha value is -2.42. The monoisotopic (exact) mass is 389 g/mol. The Bertz CT molecular complexity index is 832. The summed E-state index contributed by atoms with van der Waals surface area (Å²) in [6.45, 7) is 3.74. The van der Waals surface area contributed by atoms with Gasteiger partial charge in [-0.25, -0.2) is 0 Å². The fourth-order valence-electron chi connectivity index (χ4n) is 3.34. The molecule has 0 radical (unpaired) electrons. The van der Waals surface area contributed by atoms with Gasteiger partial charge in [0.1, 0.15) is 5.82 Å². The van der Waals surface area contributed by atoms with Crippen LogP contribution < -0.4 is 5.32 Å². The van der Waals surface area contributed by atoms with Crippen LogP contribution in [-0.2, 0) is 4.79 Å². The minimum Gasteiger partial charge on any atom is -0.325 e. The maximum Gasteiger partial charge on any atom is 0.271 e. The summed E-state index contributed by atoms with van der Waals surface area (Å²) < 4.78 is 2.15. The smallest absolute Gasteiger partial charge is 0.271 e. The maximum absolute atomic E-state index is 12.5. The van der Waals surface area contributed by atoms with Crippen molar-refractivity contribution in [3.05, 3.63) is 40.2 Å². The number of rotatable bonds is 6. The first kappa shape index (κ1) is 19.3. The highest BCUT2D eigenvalue weighted by Crippen LogP contribution is 2.33. The predicted octanol–water partition coefficient (Wildman–Crippen LogP) is 4.12. The Kier molecular flexibility index (Phi) is 6.10. The van der Waals surface area contributed by atoms with Crippen molar-refractivity contribution >= 4 is 29.0 Å². The molecule has 0 spiro atoms. The molecular weight excluding hydrogens is 366 g/mol. The number of hydrogen-bond acceptors (Lipinski definition) is 6. The summed E-state index contributed by atoms with van der Waals surface area (Å²) in [5.41, 5.74) is 0.354. The number of nitro benzene ring substituents is 1. The van der Waals surface area contributed by atoms with Gasteiger partial charge < -0.3 is 9.88 Å². The van der Waals surface area contributed by atoms with Crippen LogP contribution in [-0.4, -0.2) is 30.8 Å². The zero-order chi connectivity index (χ0) is 19.4. The largest absolute Gasteiger partial charge is 0.325 e. The van der Waals surface area contributed by atoms with E-state index in [2.05, 4.69) is 20.1 Å². The number of non-ortho nitro benzene ring substituents is 1. The van der Waals surface area contributed by atoms with E-state index in [-0.39, 0.29) is 11.6 Å². The second kappa shape index (κ2) is 8.51. The summed E-state index contributed by atoms with van der Waals surface area (Å²) >= 11 is 1.37. The highest BCUT2D eigenvalue weighted by atomic mass is 32.2. The Morgan fingerprint density at radius 1 is 1.33 bits per heavy atom. The molecule has 1 N–H and O–H groups in total. The molecule has 1 fully saturated rings. The van der Waals surface area contributed by atoms with Crippen molar-refractivity contribution in [3.63, 3.8) is 0 Å². The van der Waals surface area contributed by atoms with E-state index in [4.69, 9.17) is 0 Å². The van der Waals surface area contributed by atoms with Gasteiger partial charge in [0.05, 0.1) is 10.2 Å². The van der Waals surface area contributed by atoms with Gasteiger partial charge in [-0.05, 0) is 32.8 Å². The molecule has 1 saturated carbocycles. The van der Waals surface area contributed by atoms with Gasteiger partial charge in [0, 0.05) is 23.9 Å². The lowest BCUT2D eigenvalue weighted by molar-refractivity contribution is -0.384. The van der Waals surface area contributed by atoms with Gasteiger partial charge in [0.15, 0.2) is 5.16 Å². The molecule has 3 rings (SSSR count). The number of carbonyl (C=O) groups is 1. The molecular formula is C18H23N5O3S. The molecule has 1 atom stereocenters. The number of aryl methyl sites for hydroxylation is 1. The maximum atomic E-state index is 12.5. The first-order valence-corrected chi connectivity index (χ1v) is 9.97. The molecule has 1 aromatic heterocycles. The lowest BCUT2D eigenvalue weighted by atomic mass is 9.95. The molecule has 1 heterocycles. The number of thioether (sulfide) groups is 1. The highest BCUT2D eigenvalue weighted by molar-refractivity contribution is 8.00. The van der Waals surface area contributed by atoms with E-state index >= 15 is 0 Å². The van der Waals surface area contributed by atoms with E-state index in [1.54, 1.807) is 19.1 Å². The zero-order valence-electron chi connectivity index (χ0n) is 15.4. The summed E-state index contributed by atoms with van der Waals surface area (Å²) in [6.07, 6.45) is 5.90. The summed E-state index contributed by atoms with van der Waals surface area (Å²) in [4.78, 5) is 22.9. The van der Waals surface area contributed by atoms with Crippen LogP contribution in [0.4, 0.5) is 11.4 Å². The van der Waals surface area contributed by atoms with Crippen LogP contribution >= 0.6 is 11.8 Å². The fourth-order valence-corrected chi connectivity index (χ4v) is 4.31. The number of carbonyl (C=O) groups excluding carboxylic acids is 1. The van der Waals surface area contributed by atoms with E-state index in [9.17, 15) is 14.9 Å². The number of anilines is 1. The third kappa shape index (κ3) is 4.65. The molecule has 0 aliphatic heterocycles. The van der Waals surface area contributed by atoms with E-state index in [0.717, 1.165) is 23.8 Å². The summed E-state index contributed by atoms with van der Waals surface area (Å²) in [6, 6.07) is 6.32. The van der Waals surface area contributed by atoms with Crippen LogP contribution in [0.3, 0.4) is 0 Å². The molecule has 2 aromatic rings. The van der Waals surface area contributed by atoms with Crippen LogP contribution in [0.25, 0.3) is 0 Å². The quantitative estimate of drug-likeness (QED) is 0.453. The van der Waals surface area contributed by atoms with Crippen molar-refractivity contribution in [1.29, 1.82) is 0 Å². The Morgan fingerprint density at radius 3 is 2.78 bits per heavy atom. The topological polar surface area (TPSA) is 103 Å². The average molecular weight is 389 g/mol. The second-order valence-corrected chi connectivity index (χ2v) is 8.06. The third-order valence-electron chi connectivity index (χ3n) is 4.75. The molecule has 1 unspecified atom stereocenters. The Labute approximate surface area is 161 Å². The molecule has 8 nitrogen and oxygen atoms in total. The zero-order valence-corrected chi connectivity index (χ0v) is 16.2. The molecule has 0 saturated heterocycles. The van der Waals surface area contributed by atoms with Gasteiger partial charge in [-0.2, -0.15) is 0 Å². The van der Waals surface area contributed by atoms with Crippen LogP contribution in [0.5, 0.6) is 0 Å². The fraction of sp³-hybridized carbons (Fsp3) is 0.500. The predicted molar refractivity (Wildman–Crippen MR) is 104 cm³/mol. The van der Waals surface area contributed by atoms with Crippen molar-refractivity contribution in [3.8, 4) is 0 Å². The number of nitro groups is 1. The van der Waals surface area contributed by atoms with E-state index in [1.807, 2.05) is 6.92 Å². The van der Waals surface area contributed by atoms with Gasteiger partial charge in [-0.15, -0.1) is 10.2 Å². The Balaban J connectivity index is 1.68. The van der Waals surface area contributed by atoms with Crippen molar-refractivity contribution < 1.29 is 9.72 Å². The van der Waals surface area contributed by atoms with E-state index < -0.39 is 10.2 Å². The molecule has 27 heavy (non-hydrogen) atoms. The number of aromatic nitrogens is 3. The second-order valence-electron chi connectivity index (χ2n) is 6.75. The molecule has 9 heteroatoms. The van der Waals surface area contributed by atoms with Crippen molar-refractivity contribution in [2.75, 3.05) is 5.32 Å². The van der Waals surface area contributed by atoms with Gasteiger partial charge >= 0.3 is 0 Å². The minimum absolute atomic E-state index is 0.0548. The number of nitrogens with one attached hydrogen (secondary N) is 1.